The molecule has 5 heteroatoms. The zero-order valence-electron chi connectivity index (χ0n) is 14.8. The maximum atomic E-state index is 6.19. The van der Waals surface area contributed by atoms with Gasteiger partial charge in [0.15, 0.2) is 0 Å². The highest BCUT2D eigenvalue weighted by atomic mass is 28.4. The van der Waals surface area contributed by atoms with E-state index in [4.69, 9.17) is 13.3 Å². The van der Waals surface area contributed by atoms with E-state index in [1.54, 1.807) is 0 Å². The molecule has 0 aromatic carbocycles. The molecule has 130 valence electrons. The van der Waals surface area contributed by atoms with Crippen LogP contribution >= 0.6 is 0 Å². The SMILES string of the molecule is CCCCCCCCC(C)O[Si](CC)(OCC)OCC.F. The van der Waals surface area contributed by atoms with Gasteiger partial charge in [0.2, 0.25) is 0 Å². The van der Waals surface area contributed by atoms with Gasteiger partial charge in [-0.15, -0.1) is 0 Å². The molecule has 1 atom stereocenters. The fourth-order valence-electron chi connectivity index (χ4n) is 2.41. The smallest absolute Gasteiger partial charge is 0.374 e. The van der Waals surface area contributed by atoms with Crippen LogP contribution in [0, 0.1) is 0 Å². The van der Waals surface area contributed by atoms with Crippen LogP contribution in [0.2, 0.25) is 6.04 Å². The first-order valence-corrected chi connectivity index (χ1v) is 10.5. The molecule has 0 aliphatic rings. The minimum Gasteiger partial charge on any atom is -0.374 e. The van der Waals surface area contributed by atoms with Crippen molar-refractivity contribution in [1.82, 2.24) is 0 Å². The molecule has 0 bridgehead atoms. The fraction of sp³-hybridized carbons (Fsp3) is 1.00. The molecule has 0 rings (SSSR count). The molecule has 0 amide bonds. The lowest BCUT2D eigenvalue weighted by atomic mass is 10.1. The first-order chi connectivity index (χ1) is 9.64. The third-order valence-electron chi connectivity index (χ3n) is 3.51. The predicted octanol–water partition coefficient (Wildman–Crippen LogP) is 5.33. The second kappa shape index (κ2) is 14.9. The number of hydrogen-bond donors (Lipinski definition) is 0. The zero-order valence-corrected chi connectivity index (χ0v) is 15.8. The van der Waals surface area contributed by atoms with Gasteiger partial charge in [0.25, 0.3) is 0 Å². The van der Waals surface area contributed by atoms with Crippen LogP contribution in [-0.4, -0.2) is 28.1 Å². The highest BCUT2D eigenvalue weighted by Gasteiger charge is 2.39. The van der Waals surface area contributed by atoms with E-state index < -0.39 is 8.80 Å². The standard InChI is InChI=1S/C16H36O3Si.FH/c1-6-10-11-12-13-14-15-16(5)19-20(9-4,17-7-2)18-8-3;/h16H,6-15H2,1-5H3;1H. The first kappa shape index (κ1) is 23.3. The maximum Gasteiger partial charge on any atom is 0.500 e. The van der Waals surface area contributed by atoms with Gasteiger partial charge in [0.05, 0.1) is 0 Å². The van der Waals surface area contributed by atoms with E-state index in [0.717, 1.165) is 12.5 Å². The van der Waals surface area contributed by atoms with Crippen molar-refractivity contribution in [3.63, 3.8) is 0 Å². The van der Waals surface area contributed by atoms with Crippen LogP contribution < -0.4 is 0 Å². The van der Waals surface area contributed by atoms with Crippen molar-refractivity contribution in [3.8, 4) is 0 Å². The normalized spacial score (nSPS) is 13.0. The van der Waals surface area contributed by atoms with Gasteiger partial charge in [0, 0.05) is 25.4 Å². The molecule has 21 heavy (non-hydrogen) atoms. The lowest BCUT2D eigenvalue weighted by Gasteiger charge is -2.30. The molecule has 0 aromatic rings. The van der Waals surface area contributed by atoms with Crippen molar-refractivity contribution >= 4 is 8.80 Å². The Hall–Kier alpha value is 0.0269. The third kappa shape index (κ3) is 11.3. The molecule has 0 saturated heterocycles. The summed E-state index contributed by atoms with van der Waals surface area (Å²) < 4.78 is 17.9. The van der Waals surface area contributed by atoms with Crippen molar-refractivity contribution < 1.29 is 18.0 Å². The predicted molar refractivity (Wildman–Crippen MR) is 90.5 cm³/mol. The van der Waals surface area contributed by atoms with Crippen LogP contribution in [0.5, 0.6) is 0 Å². The third-order valence-corrected chi connectivity index (χ3v) is 6.59. The summed E-state index contributed by atoms with van der Waals surface area (Å²) in [6.07, 6.45) is 9.33. The Morgan fingerprint density at radius 3 is 1.81 bits per heavy atom. The maximum absolute atomic E-state index is 6.19. The summed E-state index contributed by atoms with van der Waals surface area (Å²) in [6.45, 7) is 11.9. The average Bonchev–Trinajstić information content (AvgIpc) is 2.43. The highest BCUT2D eigenvalue weighted by molar-refractivity contribution is 6.60. The van der Waals surface area contributed by atoms with Crippen molar-refractivity contribution in [1.29, 1.82) is 0 Å². The van der Waals surface area contributed by atoms with Gasteiger partial charge < -0.3 is 13.3 Å². The van der Waals surface area contributed by atoms with Crippen LogP contribution in [0.3, 0.4) is 0 Å². The van der Waals surface area contributed by atoms with Gasteiger partial charge >= 0.3 is 8.80 Å². The van der Waals surface area contributed by atoms with Gasteiger partial charge in [-0.1, -0.05) is 52.4 Å². The Morgan fingerprint density at radius 2 is 1.33 bits per heavy atom. The van der Waals surface area contributed by atoms with Crippen LogP contribution in [0.25, 0.3) is 0 Å². The number of rotatable bonds is 14. The Kier molecular flexibility index (Phi) is 16.6. The molecule has 3 nitrogen and oxygen atoms in total. The topological polar surface area (TPSA) is 27.7 Å². The fourth-order valence-corrected chi connectivity index (χ4v) is 4.82. The second-order valence-electron chi connectivity index (χ2n) is 5.39. The first-order valence-electron chi connectivity index (χ1n) is 8.59. The lowest BCUT2D eigenvalue weighted by Crippen LogP contribution is -2.47. The van der Waals surface area contributed by atoms with Crippen molar-refractivity contribution in [2.45, 2.75) is 91.7 Å². The van der Waals surface area contributed by atoms with Crippen molar-refractivity contribution in [2.75, 3.05) is 13.2 Å². The number of halogens is 1. The number of hydrogen-bond acceptors (Lipinski definition) is 3. The van der Waals surface area contributed by atoms with E-state index in [-0.39, 0.29) is 10.8 Å². The van der Waals surface area contributed by atoms with Gasteiger partial charge in [0.1, 0.15) is 0 Å². The molecule has 1 unspecified atom stereocenters. The Bertz CT molecular complexity index is 212. The summed E-state index contributed by atoms with van der Waals surface area (Å²) in [5.74, 6) is 0. The van der Waals surface area contributed by atoms with E-state index in [9.17, 15) is 0 Å². The van der Waals surface area contributed by atoms with Crippen molar-refractivity contribution in [2.24, 2.45) is 0 Å². The average molecular weight is 325 g/mol. The highest BCUT2D eigenvalue weighted by Crippen LogP contribution is 2.20. The van der Waals surface area contributed by atoms with Crippen molar-refractivity contribution in [3.05, 3.63) is 0 Å². The van der Waals surface area contributed by atoms with Gasteiger partial charge in [-0.2, -0.15) is 0 Å². The summed E-state index contributed by atoms with van der Waals surface area (Å²) in [5, 5.41) is 0. The Balaban J connectivity index is 0. The van der Waals surface area contributed by atoms with E-state index in [0.29, 0.717) is 13.2 Å². The molecule has 0 aliphatic heterocycles. The van der Waals surface area contributed by atoms with E-state index in [2.05, 4.69) is 20.8 Å². The molecule has 0 aromatic heterocycles. The summed E-state index contributed by atoms with van der Waals surface area (Å²) >= 11 is 0. The number of unbranched alkanes of at least 4 members (excludes halogenated alkanes) is 5. The molecular weight excluding hydrogens is 287 g/mol. The quantitative estimate of drug-likeness (QED) is 0.319. The molecule has 0 saturated carbocycles. The summed E-state index contributed by atoms with van der Waals surface area (Å²) in [4.78, 5) is 0. The van der Waals surface area contributed by atoms with Gasteiger partial charge in [-0.05, 0) is 27.2 Å². The van der Waals surface area contributed by atoms with Crippen LogP contribution in [0.15, 0.2) is 0 Å². The van der Waals surface area contributed by atoms with Crippen LogP contribution in [0.1, 0.15) is 79.6 Å². The van der Waals surface area contributed by atoms with Crippen LogP contribution in [-0.2, 0) is 13.3 Å². The Labute approximate surface area is 132 Å². The molecule has 0 N–H and O–H groups in total. The minimum absolute atomic E-state index is 0. The molecule has 0 fully saturated rings. The summed E-state index contributed by atoms with van der Waals surface area (Å²) in [7, 11) is -2.41. The van der Waals surface area contributed by atoms with E-state index in [1.165, 1.54) is 38.5 Å². The largest absolute Gasteiger partial charge is 0.500 e. The molecule has 0 radical (unpaired) electrons. The van der Waals surface area contributed by atoms with E-state index >= 15 is 0 Å². The molecular formula is C16H37FO3Si. The Morgan fingerprint density at radius 1 is 0.810 bits per heavy atom. The monoisotopic (exact) mass is 324 g/mol. The van der Waals surface area contributed by atoms with Gasteiger partial charge in [-0.3, -0.25) is 4.70 Å². The summed E-state index contributed by atoms with van der Waals surface area (Å²) in [5.41, 5.74) is 0. The molecule has 0 spiro atoms. The second-order valence-corrected chi connectivity index (χ2v) is 8.27. The zero-order chi connectivity index (χ0) is 15.3. The molecule has 0 heterocycles. The minimum atomic E-state index is -2.41. The summed E-state index contributed by atoms with van der Waals surface area (Å²) in [6, 6.07) is 0.857. The van der Waals surface area contributed by atoms with E-state index in [1.807, 2.05) is 13.8 Å². The lowest BCUT2D eigenvalue weighted by molar-refractivity contribution is 0.0358. The van der Waals surface area contributed by atoms with Crippen LogP contribution in [0.4, 0.5) is 4.70 Å². The van der Waals surface area contributed by atoms with Gasteiger partial charge in [-0.25, -0.2) is 0 Å². The molecule has 0 aliphatic carbocycles.